The first-order valence-corrected chi connectivity index (χ1v) is 2.27. The maximum absolute atomic E-state index is 8.65. The van der Waals surface area contributed by atoms with Gasteiger partial charge in [0.05, 0.1) is 0 Å². The predicted molar refractivity (Wildman–Crippen MR) is 38.3 cm³/mol. The van der Waals surface area contributed by atoms with E-state index in [0.717, 1.165) is 0 Å². The van der Waals surface area contributed by atoms with E-state index < -0.39 is 0 Å². The molecule has 1 aromatic rings. The summed E-state index contributed by atoms with van der Waals surface area (Å²) in [5, 5.41) is 17.3. The summed E-state index contributed by atoms with van der Waals surface area (Å²) < 4.78 is 0. The van der Waals surface area contributed by atoms with Gasteiger partial charge in [0.25, 0.3) is 0 Å². The second-order valence-electron chi connectivity index (χ2n) is 1.52. The molecule has 0 amide bonds. The third kappa shape index (κ3) is 2.60. The van der Waals surface area contributed by atoms with E-state index in [9.17, 15) is 0 Å². The van der Waals surface area contributed by atoms with Crippen LogP contribution in [0.4, 0.5) is 0 Å². The molecule has 1 aromatic carbocycles. The first kappa shape index (κ1) is 8.62. The Morgan fingerprint density at radius 2 is 1.00 bits per heavy atom. The van der Waals surface area contributed by atoms with Crippen LogP contribution in [-0.4, -0.2) is 34.1 Å². The first-order chi connectivity index (χ1) is 3.79. The van der Waals surface area contributed by atoms with Gasteiger partial charge in [0, 0.05) is 0 Å². The van der Waals surface area contributed by atoms with Crippen molar-refractivity contribution in [1.29, 1.82) is 0 Å². The van der Waals surface area contributed by atoms with Gasteiger partial charge < -0.3 is 10.2 Å². The number of aromatic hydroxyl groups is 2. The zero-order valence-electron chi connectivity index (χ0n) is 4.91. The molecular formula is C6H8O2Sn. The molecule has 0 atom stereocenters. The Bertz CT molecular complexity index is 150. The number of hydrogen-bond acceptors (Lipinski definition) is 2. The number of phenols is 2. The summed E-state index contributed by atoms with van der Waals surface area (Å²) in [7, 11) is 0. The second kappa shape index (κ2) is 3.61. The molecule has 0 aliphatic carbocycles. The van der Waals surface area contributed by atoms with Crippen LogP contribution in [0.5, 0.6) is 11.5 Å². The Hall–Kier alpha value is -0.381. The standard InChI is InChI=1S/C6H6O2.Sn.2H/c7-5-1-2-6(8)4-3-5;;;/h1-4,7-8H;;;. The van der Waals surface area contributed by atoms with Crippen LogP contribution in [0.2, 0.25) is 0 Å². The fourth-order valence-electron chi connectivity index (χ4n) is 0.453. The number of rotatable bonds is 0. The summed E-state index contributed by atoms with van der Waals surface area (Å²) in [6, 6.07) is 5.70. The van der Waals surface area contributed by atoms with E-state index >= 15 is 0 Å². The van der Waals surface area contributed by atoms with Gasteiger partial charge in [0.1, 0.15) is 11.5 Å². The molecule has 0 heterocycles. The van der Waals surface area contributed by atoms with Crippen LogP contribution in [0.1, 0.15) is 0 Å². The maximum atomic E-state index is 8.65. The summed E-state index contributed by atoms with van der Waals surface area (Å²) in [5.41, 5.74) is 0. The monoisotopic (exact) mass is 232 g/mol. The van der Waals surface area contributed by atoms with Gasteiger partial charge in [-0.2, -0.15) is 0 Å². The Balaban J connectivity index is 0.000000640. The van der Waals surface area contributed by atoms with Crippen molar-refractivity contribution in [1.82, 2.24) is 0 Å². The average Bonchev–Trinajstić information content (AvgIpc) is 1.77. The van der Waals surface area contributed by atoms with E-state index in [1.54, 1.807) is 0 Å². The van der Waals surface area contributed by atoms with Crippen LogP contribution >= 0.6 is 0 Å². The summed E-state index contributed by atoms with van der Waals surface area (Å²) in [5.74, 6) is 0.339. The third-order valence-electron chi connectivity index (χ3n) is 0.850. The van der Waals surface area contributed by atoms with E-state index in [4.69, 9.17) is 10.2 Å². The molecule has 2 N–H and O–H groups in total. The Morgan fingerprint density at radius 1 is 0.778 bits per heavy atom. The van der Waals surface area contributed by atoms with Gasteiger partial charge in [-0.3, -0.25) is 0 Å². The average molecular weight is 231 g/mol. The van der Waals surface area contributed by atoms with E-state index in [1.165, 1.54) is 24.3 Å². The van der Waals surface area contributed by atoms with Crippen LogP contribution in [0.15, 0.2) is 24.3 Å². The van der Waals surface area contributed by atoms with Gasteiger partial charge in [-0.05, 0) is 24.3 Å². The van der Waals surface area contributed by atoms with Gasteiger partial charge in [-0.25, -0.2) is 0 Å². The quantitative estimate of drug-likeness (QED) is 0.493. The van der Waals surface area contributed by atoms with Crippen molar-refractivity contribution in [3.8, 4) is 11.5 Å². The second-order valence-corrected chi connectivity index (χ2v) is 1.52. The van der Waals surface area contributed by atoms with Crippen molar-refractivity contribution >= 4 is 23.9 Å². The number of benzene rings is 1. The van der Waals surface area contributed by atoms with Crippen LogP contribution in [0.25, 0.3) is 0 Å². The Kier molecular flexibility index (Phi) is 3.45. The predicted octanol–water partition coefficient (Wildman–Crippen LogP) is 0.182. The molecular weight excluding hydrogens is 223 g/mol. The molecule has 0 saturated heterocycles. The fourth-order valence-corrected chi connectivity index (χ4v) is 0.453. The molecule has 0 fully saturated rings. The van der Waals surface area contributed by atoms with Crippen LogP contribution in [0.3, 0.4) is 0 Å². The molecule has 0 aliphatic rings. The number of hydrogen-bond donors (Lipinski definition) is 2. The van der Waals surface area contributed by atoms with E-state index in [2.05, 4.69) is 0 Å². The summed E-state index contributed by atoms with van der Waals surface area (Å²) in [4.78, 5) is 0. The Labute approximate surface area is 70.1 Å². The van der Waals surface area contributed by atoms with Gasteiger partial charge in [-0.15, -0.1) is 0 Å². The van der Waals surface area contributed by atoms with Crippen molar-refractivity contribution in [2.75, 3.05) is 0 Å². The molecule has 0 bridgehead atoms. The van der Waals surface area contributed by atoms with Crippen LogP contribution < -0.4 is 0 Å². The van der Waals surface area contributed by atoms with E-state index in [-0.39, 0.29) is 35.4 Å². The normalized spacial score (nSPS) is 8.00. The van der Waals surface area contributed by atoms with E-state index in [0.29, 0.717) is 0 Å². The van der Waals surface area contributed by atoms with Crippen LogP contribution in [0, 0.1) is 0 Å². The van der Waals surface area contributed by atoms with E-state index in [1.807, 2.05) is 0 Å². The molecule has 0 aliphatic heterocycles. The topological polar surface area (TPSA) is 40.5 Å². The summed E-state index contributed by atoms with van der Waals surface area (Å²) >= 11 is 0. The Morgan fingerprint density at radius 3 is 1.22 bits per heavy atom. The molecule has 2 nitrogen and oxygen atoms in total. The van der Waals surface area contributed by atoms with Crippen LogP contribution in [-0.2, 0) is 0 Å². The van der Waals surface area contributed by atoms with Gasteiger partial charge >= 0.3 is 23.9 Å². The molecule has 0 saturated carbocycles. The van der Waals surface area contributed by atoms with Crippen molar-refractivity contribution < 1.29 is 10.2 Å². The number of phenolic OH excluding ortho intramolecular Hbond substituents is 2. The molecule has 0 spiro atoms. The molecule has 48 valence electrons. The fraction of sp³-hybridized carbons (Fsp3) is 0. The molecule has 3 heteroatoms. The first-order valence-electron chi connectivity index (χ1n) is 2.27. The molecule has 0 unspecified atom stereocenters. The molecule has 2 radical (unpaired) electrons. The van der Waals surface area contributed by atoms with Crippen molar-refractivity contribution in [2.24, 2.45) is 0 Å². The molecule has 0 aromatic heterocycles. The van der Waals surface area contributed by atoms with Crippen molar-refractivity contribution in [3.05, 3.63) is 24.3 Å². The van der Waals surface area contributed by atoms with Gasteiger partial charge in [0.2, 0.25) is 0 Å². The third-order valence-corrected chi connectivity index (χ3v) is 0.850. The van der Waals surface area contributed by atoms with Crippen molar-refractivity contribution in [3.63, 3.8) is 0 Å². The summed E-state index contributed by atoms with van der Waals surface area (Å²) in [6.45, 7) is 0. The molecule has 1 rings (SSSR count). The summed E-state index contributed by atoms with van der Waals surface area (Å²) in [6.07, 6.45) is 0. The van der Waals surface area contributed by atoms with Crippen molar-refractivity contribution in [2.45, 2.75) is 0 Å². The zero-order chi connectivity index (χ0) is 5.98. The van der Waals surface area contributed by atoms with Gasteiger partial charge in [-0.1, -0.05) is 0 Å². The minimum atomic E-state index is 0. The molecule has 9 heavy (non-hydrogen) atoms. The van der Waals surface area contributed by atoms with Gasteiger partial charge in [0.15, 0.2) is 0 Å². The minimum absolute atomic E-state index is 0. The zero-order valence-corrected chi connectivity index (χ0v) is 8.95. The SMILES string of the molecule is Oc1ccc(O)cc1.[SnH2].